The number of nitrogens with zero attached hydrogens (tertiary/aromatic N) is 3. The predicted octanol–water partition coefficient (Wildman–Crippen LogP) is 1.00. The first-order chi connectivity index (χ1) is 12.3. The lowest BCUT2D eigenvalue weighted by molar-refractivity contribution is -0.122. The minimum atomic E-state index is -1.19. The molecule has 0 radical (unpaired) electrons. The number of fused-ring (bicyclic) bond motifs is 1. The summed E-state index contributed by atoms with van der Waals surface area (Å²) in [5.41, 5.74) is 7.18. The highest BCUT2D eigenvalue weighted by atomic mass is 16.3. The van der Waals surface area contributed by atoms with Gasteiger partial charge in [-0.15, -0.1) is 0 Å². The van der Waals surface area contributed by atoms with Crippen molar-refractivity contribution in [3.05, 3.63) is 29.5 Å². The maximum atomic E-state index is 12.6. The van der Waals surface area contributed by atoms with Crippen LogP contribution < -0.4 is 11.1 Å². The molecule has 0 saturated heterocycles. The lowest BCUT2D eigenvalue weighted by Gasteiger charge is -2.17. The summed E-state index contributed by atoms with van der Waals surface area (Å²) in [6, 6.07) is 6.58. The van der Waals surface area contributed by atoms with Gasteiger partial charge in [0.05, 0.1) is 17.7 Å². The molecule has 0 spiro atoms. The van der Waals surface area contributed by atoms with Crippen LogP contribution in [0.2, 0.25) is 0 Å². The summed E-state index contributed by atoms with van der Waals surface area (Å²) < 4.78 is 1.72. The van der Waals surface area contributed by atoms with E-state index in [9.17, 15) is 14.7 Å². The van der Waals surface area contributed by atoms with E-state index in [1.165, 1.54) is 6.92 Å². The number of carbonyl (C=O) groups is 2. The van der Waals surface area contributed by atoms with Crippen LogP contribution in [0.4, 0.5) is 0 Å². The monoisotopic (exact) mass is 357 g/mol. The van der Waals surface area contributed by atoms with E-state index in [0.29, 0.717) is 18.4 Å². The third-order valence-electron chi connectivity index (χ3n) is 4.11. The van der Waals surface area contributed by atoms with Crippen molar-refractivity contribution in [1.82, 2.24) is 15.1 Å². The van der Waals surface area contributed by atoms with E-state index in [-0.39, 0.29) is 5.69 Å². The van der Waals surface area contributed by atoms with Crippen molar-refractivity contribution in [3.63, 3.8) is 0 Å². The highest BCUT2D eigenvalue weighted by Gasteiger charge is 2.26. The van der Waals surface area contributed by atoms with Crippen LogP contribution in [0, 0.1) is 18.3 Å². The first-order valence-electron chi connectivity index (χ1n) is 8.47. The Morgan fingerprint density at radius 2 is 2.15 bits per heavy atom. The van der Waals surface area contributed by atoms with Crippen LogP contribution in [0.3, 0.4) is 0 Å². The van der Waals surface area contributed by atoms with Gasteiger partial charge in [-0.05, 0) is 38.8 Å². The number of aryl methyl sites for hydroxylation is 2. The van der Waals surface area contributed by atoms with Crippen molar-refractivity contribution < 1.29 is 14.7 Å². The predicted molar refractivity (Wildman–Crippen MR) is 96.1 cm³/mol. The molecule has 2 aromatic rings. The number of nitrogens with one attached hydrogen (secondary N) is 1. The lowest BCUT2D eigenvalue weighted by atomic mass is 10.1. The summed E-state index contributed by atoms with van der Waals surface area (Å²) >= 11 is 0. The number of amides is 2. The van der Waals surface area contributed by atoms with E-state index in [1.54, 1.807) is 4.68 Å². The molecule has 1 heterocycles. The molecule has 0 aliphatic heterocycles. The fraction of sp³-hybridized carbons (Fsp3) is 0.444. The molecule has 0 unspecified atom stereocenters. The average Bonchev–Trinajstić information content (AvgIpc) is 2.93. The number of carbonyl (C=O) groups excluding carboxylic acids is 2. The van der Waals surface area contributed by atoms with E-state index in [4.69, 9.17) is 11.0 Å². The number of hydrogen-bond acceptors (Lipinski definition) is 5. The number of aromatic nitrogens is 2. The van der Waals surface area contributed by atoms with E-state index < -0.39 is 24.0 Å². The minimum Gasteiger partial charge on any atom is -0.391 e. The van der Waals surface area contributed by atoms with Gasteiger partial charge in [-0.2, -0.15) is 10.4 Å². The Bertz CT molecular complexity index is 850. The van der Waals surface area contributed by atoms with Gasteiger partial charge in [0.25, 0.3) is 5.91 Å². The van der Waals surface area contributed by atoms with Gasteiger partial charge in [-0.25, -0.2) is 0 Å². The second-order valence-electron chi connectivity index (χ2n) is 6.30. The van der Waals surface area contributed by atoms with Crippen LogP contribution in [0.5, 0.6) is 0 Å². The van der Waals surface area contributed by atoms with Crippen molar-refractivity contribution in [2.45, 2.75) is 51.8 Å². The first kappa shape index (κ1) is 19.4. The third kappa shape index (κ3) is 4.37. The number of nitriles is 1. The Kier molecular flexibility index (Phi) is 6.31. The summed E-state index contributed by atoms with van der Waals surface area (Å²) in [7, 11) is 0. The molecule has 8 nitrogen and oxygen atoms in total. The molecular formula is C18H23N5O3. The number of hydrogen-bond donors (Lipinski definition) is 3. The summed E-state index contributed by atoms with van der Waals surface area (Å²) in [6.45, 7) is 3.86. The number of nitrogens with two attached hydrogens (primary N) is 1. The molecule has 0 saturated carbocycles. The minimum absolute atomic E-state index is 0.177. The number of aliphatic hydroxyl groups excluding tert-OH is 1. The number of unbranched alkanes of at least 4 members (excludes halogenated alkanes) is 2. The molecule has 0 aliphatic carbocycles. The summed E-state index contributed by atoms with van der Waals surface area (Å²) in [6.07, 6.45) is 0.867. The molecule has 0 bridgehead atoms. The van der Waals surface area contributed by atoms with E-state index >= 15 is 0 Å². The second kappa shape index (κ2) is 8.45. The Hall–Kier alpha value is -2.92. The standard InChI is InChI=1S/C18H23N5O3/c1-11-6-7-14-13(10-11)16(22-23(14)9-5-3-4-8-19)18(26)21-15(12(2)24)17(20)25/h6-7,10,12,15,24H,3-5,9H2,1-2H3,(H2,20,25)(H,21,26)/t12-,15+/m1/s1. The highest BCUT2D eigenvalue weighted by Crippen LogP contribution is 2.21. The zero-order valence-corrected chi connectivity index (χ0v) is 14.9. The van der Waals surface area contributed by atoms with Gasteiger partial charge >= 0.3 is 0 Å². The van der Waals surface area contributed by atoms with E-state index in [2.05, 4.69) is 16.5 Å². The molecule has 2 rings (SSSR count). The molecule has 1 aromatic heterocycles. The quantitative estimate of drug-likeness (QED) is 0.606. The SMILES string of the molecule is Cc1ccc2c(c1)c(C(=O)N[C@H](C(N)=O)[C@@H](C)O)nn2CCCCC#N. The van der Waals surface area contributed by atoms with Gasteiger partial charge in [0, 0.05) is 18.4 Å². The fourth-order valence-corrected chi connectivity index (χ4v) is 2.74. The van der Waals surface area contributed by atoms with Crippen LogP contribution in [-0.4, -0.2) is 38.8 Å². The normalized spacial score (nSPS) is 13.2. The Morgan fingerprint density at radius 1 is 1.42 bits per heavy atom. The number of benzene rings is 1. The number of rotatable bonds is 8. The van der Waals surface area contributed by atoms with Gasteiger partial charge < -0.3 is 16.2 Å². The molecule has 1 aromatic carbocycles. The molecule has 8 heteroatoms. The molecular weight excluding hydrogens is 334 g/mol. The van der Waals surface area contributed by atoms with Crippen molar-refractivity contribution in [3.8, 4) is 6.07 Å². The Balaban J connectivity index is 2.33. The number of aliphatic hydroxyl groups is 1. The summed E-state index contributed by atoms with van der Waals surface area (Å²) in [5, 5.41) is 25.8. The van der Waals surface area contributed by atoms with E-state index in [0.717, 1.165) is 23.9 Å². The van der Waals surface area contributed by atoms with Gasteiger partial charge in [0.1, 0.15) is 6.04 Å². The molecule has 138 valence electrons. The topological polar surface area (TPSA) is 134 Å². The zero-order valence-electron chi connectivity index (χ0n) is 14.9. The van der Waals surface area contributed by atoms with Crippen LogP contribution in [0.15, 0.2) is 18.2 Å². The van der Waals surface area contributed by atoms with Crippen molar-refractivity contribution in [2.75, 3.05) is 0 Å². The molecule has 2 atom stereocenters. The highest BCUT2D eigenvalue weighted by molar-refractivity contribution is 6.06. The van der Waals surface area contributed by atoms with Crippen LogP contribution in [-0.2, 0) is 11.3 Å². The summed E-state index contributed by atoms with van der Waals surface area (Å²) in [4.78, 5) is 24.1. The van der Waals surface area contributed by atoms with Gasteiger partial charge in [0.15, 0.2) is 5.69 Å². The fourth-order valence-electron chi connectivity index (χ4n) is 2.74. The van der Waals surface area contributed by atoms with Crippen LogP contribution >= 0.6 is 0 Å². The molecule has 2 amide bonds. The maximum absolute atomic E-state index is 12.6. The molecule has 26 heavy (non-hydrogen) atoms. The van der Waals surface area contributed by atoms with Gasteiger partial charge in [-0.3, -0.25) is 14.3 Å². The molecule has 4 N–H and O–H groups in total. The molecule has 0 fully saturated rings. The Labute approximate surface area is 151 Å². The average molecular weight is 357 g/mol. The largest absolute Gasteiger partial charge is 0.391 e. The number of primary amides is 1. The van der Waals surface area contributed by atoms with Crippen molar-refractivity contribution in [1.29, 1.82) is 5.26 Å². The smallest absolute Gasteiger partial charge is 0.273 e. The van der Waals surface area contributed by atoms with E-state index in [1.807, 2.05) is 25.1 Å². The van der Waals surface area contributed by atoms with Gasteiger partial charge in [0.2, 0.25) is 5.91 Å². The zero-order chi connectivity index (χ0) is 19.3. The van der Waals surface area contributed by atoms with Crippen LogP contribution in [0.25, 0.3) is 10.9 Å². The summed E-state index contributed by atoms with van der Waals surface area (Å²) in [5.74, 6) is -1.38. The van der Waals surface area contributed by atoms with Crippen molar-refractivity contribution in [2.24, 2.45) is 5.73 Å². The van der Waals surface area contributed by atoms with Gasteiger partial charge in [-0.1, -0.05) is 11.6 Å². The van der Waals surface area contributed by atoms with Crippen LogP contribution in [0.1, 0.15) is 42.2 Å². The van der Waals surface area contributed by atoms with Crippen molar-refractivity contribution >= 4 is 22.7 Å². The molecule has 0 aliphatic rings. The lowest BCUT2D eigenvalue weighted by Crippen LogP contribution is -2.50. The third-order valence-corrected chi connectivity index (χ3v) is 4.11. The second-order valence-corrected chi connectivity index (χ2v) is 6.30. The Morgan fingerprint density at radius 3 is 2.77 bits per heavy atom. The first-order valence-corrected chi connectivity index (χ1v) is 8.47. The maximum Gasteiger partial charge on any atom is 0.273 e.